The molecule has 0 aromatic carbocycles. The second-order valence-corrected chi connectivity index (χ2v) is 8.01. The molecule has 2 aromatic rings. The van der Waals surface area contributed by atoms with Crippen LogP contribution in [0.5, 0.6) is 0 Å². The van der Waals surface area contributed by atoms with Gasteiger partial charge in [-0.1, -0.05) is 11.6 Å². The zero-order valence-electron chi connectivity index (χ0n) is 14.9. The van der Waals surface area contributed by atoms with Gasteiger partial charge in [0.2, 0.25) is 5.28 Å². The van der Waals surface area contributed by atoms with Crippen LogP contribution >= 0.6 is 23.2 Å². The highest BCUT2D eigenvalue weighted by Gasteiger charge is 2.29. The van der Waals surface area contributed by atoms with Gasteiger partial charge in [-0.3, -0.25) is 4.68 Å². The molecule has 1 fully saturated rings. The molecule has 0 aliphatic carbocycles. The van der Waals surface area contributed by atoms with Crippen LogP contribution in [0.1, 0.15) is 39.7 Å². The Bertz CT molecular complexity index is 803. The van der Waals surface area contributed by atoms with Crippen molar-refractivity contribution >= 4 is 29.3 Å². The molecule has 1 aliphatic rings. The predicted octanol–water partition coefficient (Wildman–Crippen LogP) is 4.22. The Morgan fingerprint density at radius 1 is 1.31 bits per heavy atom. The third-order valence-corrected chi connectivity index (χ3v) is 4.47. The van der Waals surface area contributed by atoms with E-state index in [1.54, 1.807) is 11.1 Å². The van der Waals surface area contributed by atoms with Crippen LogP contribution in [-0.2, 0) is 4.74 Å². The normalized spacial score (nSPS) is 18.0. The molecule has 1 amide bonds. The molecule has 0 saturated carbocycles. The van der Waals surface area contributed by atoms with Gasteiger partial charge in [-0.15, -0.1) is 0 Å². The first-order valence-corrected chi connectivity index (χ1v) is 9.19. The summed E-state index contributed by atoms with van der Waals surface area (Å²) < 4.78 is 7.32. The van der Waals surface area contributed by atoms with E-state index < -0.39 is 5.60 Å². The monoisotopic (exact) mass is 397 g/mol. The lowest BCUT2D eigenvalue weighted by Crippen LogP contribution is -2.43. The van der Waals surface area contributed by atoms with Crippen LogP contribution in [-0.4, -0.2) is 49.4 Å². The van der Waals surface area contributed by atoms with Crippen molar-refractivity contribution < 1.29 is 9.53 Å². The number of rotatable bonds is 2. The number of likely N-dealkylation sites (tertiary alicyclic amines) is 1. The molecule has 0 spiro atoms. The number of hydrogen-bond donors (Lipinski definition) is 0. The van der Waals surface area contributed by atoms with E-state index in [1.807, 2.05) is 31.6 Å². The van der Waals surface area contributed by atoms with Crippen molar-refractivity contribution in [2.45, 2.75) is 45.3 Å². The molecular weight excluding hydrogens is 377 g/mol. The molecule has 7 nitrogen and oxygen atoms in total. The second-order valence-electron chi connectivity index (χ2n) is 7.27. The summed E-state index contributed by atoms with van der Waals surface area (Å²) in [5, 5.41) is 4.97. The van der Waals surface area contributed by atoms with Crippen LogP contribution < -0.4 is 0 Å². The van der Waals surface area contributed by atoms with E-state index in [2.05, 4.69) is 15.1 Å². The van der Waals surface area contributed by atoms with Crippen LogP contribution in [0, 0.1) is 0 Å². The Hall–Kier alpha value is -1.86. The van der Waals surface area contributed by atoms with E-state index in [4.69, 9.17) is 27.9 Å². The second kappa shape index (κ2) is 7.40. The molecule has 1 atom stereocenters. The van der Waals surface area contributed by atoms with Crippen molar-refractivity contribution in [2.75, 3.05) is 13.1 Å². The van der Waals surface area contributed by atoms with Gasteiger partial charge in [-0.2, -0.15) is 5.10 Å². The summed E-state index contributed by atoms with van der Waals surface area (Å²) in [6.07, 6.45) is 6.55. The van der Waals surface area contributed by atoms with Gasteiger partial charge in [0.1, 0.15) is 5.60 Å². The highest BCUT2D eigenvalue weighted by Crippen LogP contribution is 2.28. The minimum Gasteiger partial charge on any atom is -0.444 e. The van der Waals surface area contributed by atoms with Crippen LogP contribution in [0.15, 0.2) is 18.6 Å². The summed E-state index contributed by atoms with van der Waals surface area (Å²) in [6.45, 7) is 6.83. The summed E-state index contributed by atoms with van der Waals surface area (Å²) in [7, 11) is 0. The van der Waals surface area contributed by atoms with Crippen molar-refractivity contribution in [3.8, 4) is 11.3 Å². The molecular formula is C17H21Cl2N5O2. The van der Waals surface area contributed by atoms with E-state index in [0.717, 1.165) is 18.4 Å². The average Bonchev–Trinajstić information content (AvgIpc) is 3.05. The maximum atomic E-state index is 12.3. The van der Waals surface area contributed by atoms with E-state index in [9.17, 15) is 4.79 Å². The lowest BCUT2D eigenvalue weighted by molar-refractivity contribution is 0.0167. The standard InChI is InChI=1S/C17H21Cl2N5O2/c1-17(2,3)26-16(25)23-6-4-5-12(10-23)24-9-11(7-21-24)14-13(18)8-20-15(19)22-14/h7-9,12H,4-6,10H2,1-3H3. The molecule has 1 aliphatic heterocycles. The summed E-state index contributed by atoms with van der Waals surface area (Å²) >= 11 is 12.0. The van der Waals surface area contributed by atoms with Crippen molar-refractivity contribution in [3.05, 3.63) is 28.9 Å². The van der Waals surface area contributed by atoms with Crippen molar-refractivity contribution in [2.24, 2.45) is 0 Å². The number of piperidine rings is 1. The highest BCUT2D eigenvalue weighted by atomic mass is 35.5. The topological polar surface area (TPSA) is 73.1 Å². The lowest BCUT2D eigenvalue weighted by Gasteiger charge is -2.34. The molecule has 3 heterocycles. The summed E-state index contributed by atoms with van der Waals surface area (Å²) in [6, 6.07) is 0.0705. The molecule has 2 aromatic heterocycles. The fraction of sp³-hybridized carbons (Fsp3) is 0.529. The van der Waals surface area contributed by atoms with Gasteiger partial charge in [-0.25, -0.2) is 14.8 Å². The van der Waals surface area contributed by atoms with Crippen molar-refractivity contribution in [1.82, 2.24) is 24.6 Å². The summed E-state index contributed by atoms with van der Waals surface area (Å²) in [5.41, 5.74) is 0.790. The van der Waals surface area contributed by atoms with E-state index >= 15 is 0 Å². The Morgan fingerprint density at radius 3 is 2.81 bits per heavy atom. The lowest BCUT2D eigenvalue weighted by atomic mass is 10.1. The quantitative estimate of drug-likeness (QED) is 0.709. The maximum Gasteiger partial charge on any atom is 0.410 e. The van der Waals surface area contributed by atoms with Crippen molar-refractivity contribution in [3.63, 3.8) is 0 Å². The van der Waals surface area contributed by atoms with E-state index in [1.165, 1.54) is 6.20 Å². The van der Waals surface area contributed by atoms with Gasteiger partial charge in [0.05, 0.1) is 29.2 Å². The van der Waals surface area contributed by atoms with Gasteiger partial charge in [0, 0.05) is 24.8 Å². The minimum absolute atomic E-state index is 0.0705. The number of halogens is 2. The number of hydrogen-bond acceptors (Lipinski definition) is 5. The molecule has 140 valence electrons. The smallest absolute Gasteiger partial charge is 0.410 e. The molecule has 9 heteroatoms. The summed E-state index contributed by atoms with van der Waals surface area (Å²) in [4.78, 5) is 22.1. The molecule has 1 unspecified atom stereocenters. The Balaban J connectivity index is 1.75. The molecule has 0 radical (unpaired) electrons. The first-order chi connectivity index (χ1) is 12.2. The minimum atomic E-state index is -0.508. The van der Waals surface area contributed by atoms with Gasteiger partial charge in [0.25, 0.3) is 0 Å². The predicted molar refractivity (Wildman–Crippen MR) is 99.4 cm³/mol. The van der Waals surface area contributed by atoms with Gasteiger partial charge < -0.3 is 9.64 Å². The van der Waals surface area contributed by atoms with Gasteiger partial charge in [-0.05, 0) is 45.2 Å². The number of amides is 1. The first-order valence-electron chi connectivity index (χ1n) is 8.43. The van der Waals surface area contributed by atoms with Crippen LogP contribution in [0.3, 0.4) is 0 Å². The van der Waals surface area contributed by atoms with Gasteiger partial charge in [0.15, 0.2) is 0 Å². The fourth-order valence-electron chi connectivity index (χ4n) is 2.87. The average molecular weight is 398 g/mol. The number of carbonyl (C=O) groups excluding carboxylic acids is 1. The van der Waals surface area contributed by atoms with Crippen LogP contribution in [0.2, 0.25) is 10.3 Å². The first kappa shape index (κ1) is 18.9. The van der Waals surface area contributed by atoms with Crippen molar-refractivity contribution in [1.29, 1.82) is 0 Å². The molecule has 26 heavy (non-hydrogen) atoms. The highest BCUT2D eigenvalue weighted by molar-refractivity contribution is 6.33. The zero-order valence-corrected chi connectivity index (χ0v) is 16.5. The number of ether oxygens (including phenoxy) is 1. The Morgan fingerprint density at radius 2 is 2.08 bits per heavy atom. The maximum absolute atomic E-state index is 12.3. The Labute approximate surface area is 162 Å². The number of nitrogens with zero attached hydrogens (tertiary/aromatic N) is 5. The molecule has 0 N–H and O–H groups in total. The fourth-order valence-corrected chi connectivity index (χ4v) is 3.20. The molecule has 1 saturated heterocycles. The summed E-state index contributed by atoms with van der Waals surface area (Å²) in [5.74, 6) is 0. The van der Waals surface area contributed by atoms with Crippen LogP contribution in [0.4, 0.5) is 4.79 Å². The number of carbonyl (C=O) groups is 1. The SMILES string of the molecule is CC(C)(C)OC(=O)N1CCCC(n2cc(-c3nc(Cl)ncc3Cl)cn2)C1. The zero-order chi connectivity index (χ0) is 18.9. The Kier molecular flexibility index (Phi) is 5.39. The number of aromatic nitrogens is 4. The molecule has 3 rings (SSSR count). The van der Waals surface area contributed by atoms with Crippen LogP contribution in [0.25, 0.3) is 11.3 Å². The van der Waals surface area contributed by atoms with E-state index in [0.29, 0.717) is 23.8 Å². The van der Waals surface area contributed by atoms with E-state index in [-0.39, 0.29) is 17.4 Å². The molecule has 0 bridgehead atoms. The van der Waals surface area contributed by atoms with Gasteiger partial charge >= 0.3 is 6.09 Å². The third kappa shape index (κ3) is 4.45. The largest absolute Gasteiger partial charge is 0.444 e. The third-order valence-electron chi connectivity index (χ3n) is 4.01.